The van der Waals surface area contributed by atoms with Crippen molar-refractivity contribution in [2.75, 3.05) is 50.7 Å². The molecule has 1 heterocycles. The normalized spacial score (nSPS) is 13.8. The number of nitrogens with one attached hydrogen (secondary N) is 1. The third-order valence-corrected chi connectivity index (χ3v) is 4.38. The van der Waals surface area contributed by atoms with E-state index in [9.17, 15) is 9.59 Å². The van der Waals surface area contributed by atoms with Crippen molar-refractivity contribution in [3.8, 4) is 5.75 Å². The van der Waals surface area contributed by atoms with Gasteiger partial charge in [0.25, 0.3) is 5.91 Å². The van der Waals surface area contributed by atoms with Gasteiger partial charge in [0.15, 0.2) is 0 Å². The average Bonchev–Trinajstić information content (AvgIpc) is 2.74. The van der Waals surface area contributed by atoms with Gasteiger partial charge >= 0.3 is 5.97 Å². The van der Waals surface area contributed by atoms with Gasteiger partial charge in [-0.1, -0.05) is 12.1 Å². The SMILES string of the molecule is COC(=O)c1cc(N2CCOCC2)ccc1NC(=O)c1ccccc1OC. The van der Waals surface area contributed by atoms with Crippen LogP contribution < -0.4 is 15.0 Å². The first-order valence-electron chi connectivity index (χ1n) is 8.63. The van der Waals surface area contributed by atoms with Crippen LogP contribution in [0.1, 0.15) is 20.7 Å². The topological polar surface area (TPSA) is 77.1 Å². The summed E-state index contributed by atoms with van der Waals surface area (Å²) in [4.78, 5) is 27.1. The number of hydrogen-bond acceptors (Lipinski definition) is 6. The first-order valence-corrected chi connectivity index (χ1v) is 8.63. The smallest absolute Gasteiger partial charge is 0.340 e. The molecule has 142 valence electrons. The molecule has 1 N–H and O–H groups in total. The number of hydrogen-bond donors (Lipinski definition) is 1. The van der Waals surface area contributed by atoms with E-state index in [1.54, 1.807) is 36.4 Å². The standard InChI is InChI=1S/C20H22N2O5/c1-25-18-6-4-3-5-15(18)19(23)21-17-8-7-14(13-16(17)20(24)26-2)22-9-11-27-12-10-22/h3-8,13H,9-12H2,1-2H3,(H,21,23). The zero-order valence-corrected chi connectivity index (χ0v) is 15.4. The molecule has 0 spiro atoms. The van der Waals surface area contributed by atoms with Gasteiger partial charge in [0, 0.05) is 18.8 Å². The van der Waals surface area contributed by atoms with Crippen molar-refractivity contribution in [3.63, 3.8) is 0 Å². The van der Waals surface area contributed by atoms with Crippen LogP contribution >= 0.6 is 0 Å². The van der Waals surface area contributed by atoms with E-state index in [1.807, 2.05) is 6.07 Å². The van der Waals surface area contributed by atoms with Gasteiger partial charge in [-0.25, -0.2) is 4.79 Å². The highest BCUT2D eigenvalue weighted by Crippen LogP contribution is 2.26. The summed E-state index contributed by atoms with van der Waals surface area (Å²) in [6.07, 6.45) is 0. The highest BCUT2D eigenvalue weighted by atomic mass is 16.5. The fraction of sp³-hybridized carbons (Fsp3) is 0.300. The van der Waals surface area contributed by atoms with Gasteiger partial charge in [-0.3, -0.25) is 4.79 Å². The Morgan fingerprint density at radius 3 is 2.48 bits per heavy atom. The maximum Gasteiger partial charge on any atom is 0.340 e. The Morgan fingerprint density at radius 2 is 1.78 bits per heavy atom. The molecular formula is C20H22N2O5. The number of anilines is 2. The molecule has 1 fully saturated rings. The van der Waals surface area contributed by atoms with E-state index in [2.05, 4.69) is 10.2 Å². The summed E-state index contributed by atoms with van der Waals surface area (Å²) in [5.41, 5.74) is 1.95. The largest absolute Gasteiger partial charge is 0.496 e. The predicted molar refractivity (Wildman–Crippen MR) is 102 cm³/mol. The van der Waals surface area contributed by atoms with Crippen molar-refractivity contribution in [1.82, 2.24) is 0 Å². The minimum Gasteiger partial charge on any atom is -0.496 e. The molecule has 2 aromatic carbocycles. The van der Waals surface area contributed by atoms with E-state index in [1.165, 1.54) is 14.2 Å². The molecule has 2 aromatic rings. The Hall–Kier alpha value is -3.06. The van der Waals surface area contributed by atoms with Crippen molar-refractivity contribution in [1.29, 1.82) is 0 Å². The molecule has 1 aliphatic heterocycles. The molecule has 0 bridgehead atoms. The van der Waals surface area contributed by atoms with Gasteiger partial charge < -0.3 is 24.4 Å². The van der Waals surface area contributed by atoms with E-state index >= 15 is 0 Å². The van der Waals surface area contributed by atoms with Crippen LogP contribution in [0.2, 0.25) is 0 Å². The Balaban J connectivity index is 1.89. The minimum absolute atomic E-state index is 0.296. The average molecular weight is 370 g/mol. The van der Waals surface area contributed by atoms with Crippen molar-refractivity contribution >= 4 is 23.3 Å². The Bertz CT molecular complexity index is 831. The summed E-state index contributed by atoms with van der Waals surface area (Å²) >= 11 is 0. The second kappa shape index (κ2) is 8.55. The van der Waals surface area contributed by atoms with E-state index < -0.39 is 5.97 Å². The quantitative estimate of drug-likeness (QED) is 0.815. The maximum absolute atomic E-state index is 12.7. The molecule has 1 amide bonds. The lowest BCUT2D eigenvalue weighted by Crippen LogP contribution is -2.36. The van der Waals surface area contributed by atoms with Crippen LogP contribution in [0.3, 0.4) is 0 Å². The van der Waals surface area contributed by atoms with Gasteiger partial charge in [0.2, 0.25) is 0 Å². The van der Waals surface area contributed by atoms with Crippen LogP contribution in [0.5, 0.6) is 5.75 Å². The number of benzene rings is 2. The van der Waals surface area contributed by atoms with Crippen molar-refractivity contribution in [2.24, 2.45) is 0 Å². The number of esters is 1. The van der Waals surface area contributed by atoms with E-state index in [0.29, 0.717) is 35.8 Å². The summed E-state index contributed by atoms with van der Waals surface area (Å²) in [5, 5.41) is 2.78. The second-order valence-electron chi connectivity index (χ2n) is 5.98. The van der Waals surface area contributed by atoms with Crippen molar-refractivity contribution in [3.05, 3.63) is 53.6 Å². The Labute approximate surface area is 157 Å². The van der Waals surface area contributed by atoms with Crippen LogP contribution in [0.25, 0.3) is 0 Å². The molecule has 0 saturated carbocycles. The molecule has 0 aromatic heterocycles. The summed E-state index contributed by atoms with van der Waals surface area (Å²) < 4.78 is 15.5. The lowest BCUT2D eigenvalue weighted by atomic mass is 10.1. The molecule has 7 nitrogen and oxygen atoms in total. The summed E-state index contributed by atoms with van der Waals surface area (Å²) in [6, 6.07) is 12.2. The third-order valence-electron chi connectivity index (χ3n) is 4.38. The maximum atomic E-state index is 12.7. The molecule has 3 rings (SSSR count). The predicted octanol–water partition coefficient (Wildman–Crippen LogP) is 2.57. The fourth-order valence-electron chi connectivity index (χ4n) is 2.96. The van der Waals surface area contributed by atoms with Gasteiger partial charge in [-0.2, -0.15) is 0 Å². The molecule has 0 atom stereocenters. The van der Waals surface area contributed by atoms with Gasteiger partial charge in [-0.15, -0.1) is 0 Å². The number of nitrogens with zero attached hydrogens (tertiary/aromatic N) is 1. The number of methoxy groups -OCH3 is 2. The monoisotopic (exact) mass is 370 g/mol. The molecule has 0 aliphatic carbocycles. The first-order chi connectivity index (χ1) is 13.1. The number of amides is 1. The Kier molecular flexibility index (Phi) is 5.93. The molecule has 7 heteroatoms. The van der Waals surface area contributed by atoms with E-state index in [-0.39, 0.29) is 5.91 Å². The molecular weight excluding hydrogens is 348 g/mol. The number of para-hydroxylation sites is 1. The van der Waals surface area contributed by atoms with Crippen LogP contribution in [-0.4, -0.2) is 52.4 Å². The lowest BCUT2D eigenvalue weighted by molar-refractivity contribution is 0.0602. The number of ether oxygens (including phenoxy) is 3. The number of carbonyl (C=O) groups is 2. The van der Waals surface area contributed by atoms with E-state index in [4.69, 9.17) is 14.2 Å². The molecule has 27 heavy (non-hydrogen) atoms. The Morgan fingerprint density at radius 1 is 1.04 bits per heavy atom. The number of morpholine rings is 1. The van der Waals surface area contributed by atoms with Crippen LogP contribution in [0, 0.1) is 0 Å². The summed E-state index contributed by atoms with van der Waals surface area (Å²) in [7, 11) is 2.82. The lowest BCUT2D eigenvalue weighted by Gasteiger charge is -2.29. The third kappa shape index (κ3) is 4.20. The van der Waals surface area contributed by atoms with E-state index in [0.717, 1.165) is 18.8 Å². The summed E-state index contributed by atoms with van der Waals surface area (Å²) in [5.74, 6) is -0.420. The molecule has 1 saturated heterocycles. The number of carbonyl (C=O) groups excluding carboxylic acids is 2. The van der Waals surface area contributed by atoms with Gasteiger partial charge in [0.1, 0.15) is 5.75 Å². The van der Waals surface area contributed by atoms with Gasteiger partial charge in [-0.05, 0) is 30.3 Å². The first kappa shape index (κ1) is 18.7. The highest BCUT2D eigenvalue weighted by Gasteiger charge is 2.20. The van der Waals surface area contributed by atoms with Crippen LogP contribution in [0.15, 0.2) is 42.5 Å². The molecule has 0 unspecified atom stereocenters. The van der Waals surface area contributed by atoms with Crippen molar-refractivity contribution < 1.29 is 23.8 Å². The molecule has 1 aliphatic rings. The van der Waals surface area contributed by atoms with Crippen LogP contribution in [-0.2, 0) is 9.47 Å². The zero-order valence-electron chi connectivity index (χ0n) is 15.4. The van der Waals surface area contributed by atoms with Crippen molar-refractivity contribution in [2.45, 2.75) is 0 Å². The zero-order chi connectivity index (χ0) is 19.2. The fourth-order valence-corrected chi connectivity index (χ4v) is 2.96. The highest BCUT2D eigenvalue weighted by molar-refractivity contribution is 6.09. The van der Waals surface area contributed by atoms with Crippen LogP contribution in [0.4, 0.5) is 11.4 Å². The summed E-state index contributed by atoms with van der Waals surface area (Å²) in [6.45, 7) is 2.76. The second-order valence-corrected chi connectivity index (χ2v) is 5.98. The molecule has 0 radical (unpaired) electrons. The van der Waals surface area contributed by atoms with Gasteiger partial charge in [0.05, 0.1) is 44.2 Å². The number of rotatable bonds is 5. The minimum atomic E-state index is -0.513.